The minimum atomic E-state index is -3.10. The van der Waals surface area contributed by atoms with E-state index >= 15 is 0 Å². The minimum absolute atomic E-state index is 0.169. The van der Waals surface area contributed by atoms with Crippen LogP contribution in [0.15, 0.2) is 0 Å². The second-order valence-electron chi connectivity index (χ2n) is 7.82. The van der Waals surface area contributed by atoms with Crippen molar-refractivity contribution >= 4 is 16.1 Å². The Morgan fingerprint density at radius 2 is 1.88 bits per heavy atom. The Morgan fingerprint density at radius 1 is 1.28 bits per heavy atom. The van der Waals surface area contributed by atoms with Crippen molar-refractivity contribution in [2.45, 2.75) is 77.5 Å². The summed E-state index contributed by atoms with van der Waals surface area (Å²) in [4.78, 5) is 11.8. The average molecular weight is 378 g/mol. The molecule has 0 spiro atoms. The van der Waals surface area contributed by atoms with E-state index in [-0.39, 0.29) is 12.1 Å². The van der Waals surface area contributed by atoms with E-state index in [0.29, 0.717) is 19.6 Å². The van der Waals surface area contributed by atoms with Crippen molar-refractivity contribution < 1.29 is 17.9 Å². The quantitative estimate of drug-likeness (QED) is 0.676. The topological polar surface area (TPSA) is 87.7 Å². The number of carbonyl (C=O) groups is 1. The third-order valence-electron chi connectivity index (χ3n) is 4.19. The molecule has 0 saturated carbocycles. The summed E-state index contributed by atoms with van der Waals surface area (Å²) in [6, 6.07) is 0.447. The van der Waals surface area contributed by atoms with Gasteiger partial charge in [0.15, 0.2) is 0 Å². The molecule has 0 aromatic carbocycles. The van der Waals surface area contributed by atoms with E-state index in [0.717, 1.165) is 32.1 Å². The second-order valence-corrected chi connectivity index (χ2v) is 9.81. The van der Waals surface area contributed by atoms with Crippen molar-refractivity contribution in [3.63, 3.8) is 0 Å². The zero-order chi connectivity index (χ0) is 19.1. The van der Waals surface area contributed by atoms with Crippen LogP contribution in [0.1, 0.15) is 59.8 Å². The SMILES string of the molecule is CCCCC(CNC(=O)OC(C)(C)C)NC1CCN(S(C)(=O)=O)CC1. The Hall–Kier alpha value is -0.860. The fourth-order valence-electron chi connectivity index (χ4n) is 2.90. The van der Waals surface area contributed by atoms with Gasteiger partial charge in [0, 0.05) is 31.7 Å². The van der Waals surface area contributed by atoms with Gasteiger partial charge in [-0.3, -0.25) is 0 Å². The molecule has 2 N–H and O–H groups in total. The predicted molar refractivity (Wildman–Crippen MR) is 100 cm³/mol. The van der Waals surface area contributed by atoms with Crippen LogP contribution < -0.4 is 10.6 Å². The van der Waals surface area contributed by atoms with E-state index < -0.39 is 21.7 Å². The molecule has 1 atom stereocenters. The first-order valence-electron chi connectivity index (χ1n) is 9.19. The van der Waals surface area contributed by atoms with Crippen LogP contribution in [0, 0.1) is 0 Å². The fourth-order valence-corrected chi connectivity index (χ4v) is 3.78. The lowest BCUT2D eigenvalue weighted by Gasteiger charge is -2.33. The number of hydrogen-bond acceptors (Lipinski definition) is 5. The zero-order valence-corrected chi connectivity index (χ0v) is 17.1. The molecule has 1 aliphatic heterocycles. The average Bonchev–Trinajstić information content (AvgIpc) is 2.48. The molecule has 0 aliphatic carbocycles. The van der Waals surface area contributed by atoms with Gasteiger partial charge in [0.2, 0.25) is 10.0 Å². The van der Waals surface area contributed by atoms with E-state index in [1.54, 1.807) is 0 Å². The largest absolute Gasteiger partial charge is 0.444 e. The molecule has 8 heteroatoms. The summed E-state index contributed by atoms with van der Waals surface area (Å²) in [6.07, 6.45) is 5.59. The number of piperidine rings is 1. The number of rotatable bonds is 8. The van der Waals surface area contributed by atoms with E-state index in [1.807, 2.05) is 20.8 Å². The molecule has 148 valence electrons. The van der Waals surface area contributed by atoms with Gasteiger partial charge in [-0.05, 0) is 40.0 Å². The maximum atomic E-state index is 11.8. The highest BCUT2D eigenvalue weighted by Gasteiger charge is 2.26. The van der Waals surface area contributed by atoms with Gasteiger partial charge in [-0.25, -0.2) is 17.5 Å². The minimum Gasteiger partial charge on any atom is -0.444 e. The first-order valence-corrected chi connectivity index (χ1v) is 11.0. The summed E-state index contributed by atoms with van der Waals surface area (Å²) in [7, 11) is -3.10. The first-order chi connectivity index (χ1) is 11.5. The second kappa shape index (κ2) is 9.73. The molecule has 1 saturated heterocycles. The van der Waals surface area contributed by atoms with Crippen LogP contribution in [0.2, 0.25) is 0 Å². The summed E-state index contributed by atoms with van der Waals surface area (Å²) in [5.41, 5.74) is -0.505. The van der Waals surface area contributed by atoms with Crippen LogP contribution >= 0.6 is 0 Å². The summed E-state index contributed by atoms with van der Waals surface area (Å²) >= 11 is 0. The summed E-state index contributed by atoms with van der Waals surface area (Å²) in [5, 5.41) is 6.43. The molecule has 1 rings (SSSR count). The maximum Gasteiger partial charge on any atom is 0.407 e. The smallest absolute Gasteiger partial charge is 0.407 e. The van der Waals surface area contributed by atoms with Gasteiger partial charge >= 0.3 is 6.09 Å². The molecule has 0 radical (unpaired) electrons. The van der Waals surface area contributed by atoms with Crippen molar-refractivity contribution in [3.8, 4) is 0 Å². The van der Waals surface area contributed by atoms with Gasteiger partial charge in [-0.2, -0.15) is 0 Å². The summed E-state index contributed by atoms with van der Waals surface area (Å²) < 4.78 is 30.0. The van der Waals surface area contributed by atoms with Gasteiger partial charge in [0.05, 0.1) is 6.26 Å². The highest BCUT2D eigenvalue weighted by molar-refractivity contribution is 7.88. The van der Waals surface area contributed by atoms with Crippen molar-refractivity contribution in [2.75, 3.05) is 25.9 Å². The predicted octanol–water partition coefficient (Wildman–Crippen LogP) is 2.08. The van der Waals surface area contributed by atoms with Gasteiger partial charge < -0.3 is 15.4 Å². The lowest BCUT2D eigenvalue weighted by atomic mass is 10.0. The Labute approximate surface area is 152 Å². The number of amides is 1. The number of nitrogens with one attached hydrogen (secondary N) is 2. The van der Waals surface area contributed by atoms with E-state index in [4.69, 9.17) is 4.74 Å². The molecule has 1 fully saturated rings. The molecule has 1 heterocycles. The Morgan fingerprint density at radius 3 is 2.36 bits per heavy atom. The van der Waals surface area contributed by atoms with Crippen molar-refractivity contribution in [1.29, 1.82) is 0 Å². The number of sulfonamides is 1. The van der Waals surface area contributed by atoms with Crippen LogP contribution in [0.4, 0.5) is 4.79 Å². The van der Waals surface area contributed by atoms with Crippen LogP contribution in [-0.4, -0.2) is 62.4 Å². The number of unbranched alkanes of at least 4 members (excludes halogenated alkanes) is 1. The number of carbonyl (C=O) groups excluding carboxylic acids is 1. The first kappa shape index (κ1) is 22.2. The molecule has 0 bridgehead atoms. The van der Waals surface area contributed by atoms with Crippen molar-refractivity contribution in [3.05, 3.63) is 0 Å². The molecule has 1 unspecified atom stereocenters. The van der Waals surface area contributed by atoms with Gasteiger partial charge in [-0.15, -0.1) is 0 Å². The molecule has 25 heavy (non-hydrogen) atoms. The van der Waals surface area contributed by atoms with Crippen molar-refractivity contribution in [1.82, 2.24) is 14.9 Å². The standard InChI is InChI=1S/C17H35N3O4S/c1-6-7-8-15(13-18-16(21)24-17(2,3)4)19-14-9-11-20(12-10-14)25(5,22)23/h14-15,19H,6-13H2,1-5H3,(H,18,21). The van der Waals surface area contributed by atoms with Gasteiger partial charge in [-0.1, -0.05) is 19.8 Å². The summed E-state index contributed by atoms with van der Waals surface area (Å²) in [6.45, 7) is 9.29. The zero-order valence-electron chi connectivity index (χ0n) is 16.3. The maximum absolute atomic E-state index is 11.8. The van der Waals surface area contributed by atoms with Gasteiger partial charge in [0.25, 0.3) is 0 Å². The summed E-state index contributed by atoms with van der Waals surface area (Å²) in [5.74, 6) is 0. The number of alkyl carbamates (subject to hydrolysis) is 1. The van der Waals surface area contributed by atoms with Crippen LogP contribution in [0.5, 0.6) is 0 Å². The molecule has 1 amide bonds. The Bertz CT molecular complexity index is 508. The van der Waals surface area contributed by atoms with Crippen molar-refractivity contribution in [2.24, 2.45) is 0 Å². The number of ether oxygens (including phenoxy) is 1. The number of hydrogen-bond donors (Lipinski definition) is 2. The molecular formula is C17H35N3O4S. The van der Waals surface area contributed by atoms with E-state index in [9.17, 15) is 13.2 Å². The molecule has 0 aromatic rings. The van der Waals surface area contributed by atoms with Crippen LogP contribution in [0.25, 0.3) is 0 Å². The lowest BCUT2D eigenvalue weighted by molar-refractivity contribution is 0.0520. The number of nitrogens with zero attached hydrogens (tertiary/aromatic N) is 1. The third-order valence-corrected chi connectivity index (χ3v) is 5.50. The third kappa shape index (κ3) is 9.42. The highest BCUT2D eigenvalue weighted by atomic mass is 32.2. The highest BCUT2D eigenvalue weighted by Crippen LogP contribution is 2.15. The normalized spacial score (nSPS) is 18.8. The molecule has 1 aliphatic rings. The lowest BCUT2D eigenvalue weighted by Crippen LogP contribution is -2.50. The van der Waals surface area contributed by atoms with E-state index in [2.05, 4.69) is 17.6 Å². The Kier molecular flexibility index (Phi) is 8.63. The van der Waals surface area contributed by atoms with Crippen LogP contribution in [-0.2, 0) is 14.8 Å². The van der Waals surface area contributed by atoms with Gasteiger partial charge in [0.1, 0.15) is 5.60 Å². The molecular weight excluding hydrogens is 342 g/mol. The van der Waals surface area contributed by atoms with Crippen LogP contribution in [0.3, 0.4) is 0 Å². The monoisotopic (exact) mass is 377 g/mol. The molecule has 0 aromatic heterocycles. The Balaban J connectivity index is 2.47. The van der Waals surface area contributed by atoms with E-state index in [1.165, 1.54) is 10.6 Å². The molecule has 7 nitrogen and oxygen atoms in total. The fraction of sp³-hybridized carbons (Fsp3) is 0.941.